The molecule has 0 atom stereocenters. The van der Waals surface area contributed by atoms with E-state index in [1.165, 1.54) is 19.2 Å². The van der Waals surface area contributed by atoms with Crippen LogP contribution in [0.5, 0.6) is 17.2 Å². The molecule has 8 heteroatoms. The van der Waals surface area contributed by atoms with Crippen LogP contribution in [-0.4, -0.2) is 24.4 Å². The van der Waals surface area contributed by atoms with E-state index < -0.39 is 11.6 Å². The van der Waals surface area contributed by atoms with Crippen molar-refractivity contribution >= 4 is 0 Å². The summed E-state index contributed by atoms with van der Waals surface area (Å²) in [5.41, 5.74) is 1.64. The van der Waals surface area contributed by atoms with Crippen LogP contribution in [-0.2, 0) is 6.61 Å². The third kappa shape index (κ3) is 4.48. The van der Waals surface area contributed by atoms with E-state index in [9.17, 15) is 8.78 Å². The van der Waals surface area contributed by atoms with Gasteiger partial charge in [0, 0.05) is 22.8 Å². The maximum Gasteiger partial charge on any atom is 0.258 e. The SMILES string of the molecule is COc1ccc(-c2nc(-c3ccc(OCc4ccc(F)cc4F)c(OC)c3)no2)cc1. The van der Waals surface area contributed by atoms with Gasteiger partial charge in [-0.25, -0.2) is 8.78 Å². The first-order valence-electron chi connectivity index (χ1n) is 9.30. The number of aromatic nitrogens is 2. The third-order valence-electron chi connectivity index (χ3n) is 4.58. The molecule has 0 amide bonds. The van der Waals surface area contributed by atoms with Crippen molar-refractivity contribution < 1.29 is 27.5 Å². The zero-order chi connectivity index (χ0) is 21.8. The van der Waals surface area contributed by atoms with Crippen molar-refractivity contribution in [1.82, 2.24) is 10.1 Å². The molecule has 31 heavy (non-hydrogen) atoms. The summed E-state index contributed by atoms with van der Waals surface area (Å²) < 4.78 is 48.4. The van der Waals surface area contributed by atoms with Crippen molar-refractivity contribution in [2.24, 2.45) is 0 Å². The van der Waals surface area contributed by atoms with Gasteiger partial charge in [0.05, 0.1) is 14.2 Å². The van der Waals surface area contributed by atoms with E-state index in [-0.39, 0.29) is 12.2 Å². The monoisotopic (exact) mass is 424 g/mol. The highest BCUT2D eigenvalue weighted by atomic mass is 19.1. The van der Waals surface area contributed by atoms with Gasteiger partial charge >= 0.3 is 0 Å². The summed E-state index contributed by atoms with van der Waals surface area (Å²) in [6.07, 6.45) is 0. The van der Waals surface area contributed by atoms with Crippen molar-refractivity contribution in [2.45, 2.75) is 6.61 Å². The molecule has 4 rings (SSSR count). The summed E-state index contributed by atoms with van der Waals surface area (Å²) in [5.74, 6) is 0.962. The Bertz CT molecular complexity index is 1190. The lowest BCUT2D eigenvalue weighted by Crippen LogP contribution is -2.00. The van der Waals surface area contributed by atoms with Crippen molar-refractivity contribution in [3.05, 3.63) is 77.9 Å². The van der Waals surface area contributed by atoms with E-state index in [0.717, 1.165) is 17.4 Å². The standard InChI is InChI=1S/C23H18F2N2O4/c1-28-18-8-4-14(5-9-18)23-26-22(27-31-23)15-6-10-20(21(11-15)29-2)30-13-16-3-7-17(24)12-19(16)25/h3-12H,13H2,1-2H3. The van der Waals surface area contributed by atoms with Crippen molar-refractivity contribution in [1.29, 1.82) is 0 Å². The second kappa shape index (κ2) is 8.83. The first-order chi connectivity index (χ1) is 15.1. The normalized spacial score (nSPS) is 10.7. The van der Waals surface area contributed by atoms with Crippen molar-refractivity contribution in [3.63, 3.8) is 0 Å². The number of hydrogen-bond acceptors (Lipinski definition) is 6. The van der Waals surface area contributed by atoms with Crippen LogP contribution in [0.1, 0.15) is 5.56 Å². The Kier molecular flexibility index (Phi) is 5.79. The quantitative estimate of drug-likeness (QED) is 0.402. The van der Waals surface area contributed by atoms with Gasteiger partial charge in [-0.15, -0.1) is 0 Å². The molecule has 0 aliphatic carbocycles. The van der Waals surface area contributed by atoms with Gasteiger partial charge in [-0.1, -0.05) is 5.16 Å². The Labute approximate surface area is 177 Å². The van der Waals surface area contributed by atoms with Gasteiger partial charge in [-0.2, -0.15) is 4.98 Å². The molecule has 3 aromatic carbocycles. The molecule has 0 radical (unpaired) electrons. The van der Waals surface area contributed by atoms with E-state index in [4.69, 9.17) is 18.7 Å². The van der Waals surface area contributed by atoms with Crippen LogP contribution >= 0.6 is 0 Å². The Morgan fingerprint density at radius 1 is 0.839 bits per heavy atom. The molecule has 0 aliphatic rings. The molecule has 0 saturated heterocycles. The fourth-order valence-electron chi connectivity index (χ4n) is 2.91. The molecule has 0 N–H and O–H groups in total. The number of benzene rings is 3. The van der Waals surface area contributed by atoms with Crippen LogP contribution in [0, 0.1) is 11.6 Å². The summed E-state index contributed by atoms with van der Waals surface area (Å²) in [4.78, 5) is 4.42. The van der Waals surface area contributed by atoms with Crippen LogP contribution in [0.3, 0.4) is 0 Å². The number of nitrogens with zero attached hydrogens (tertiary/aromatic N) is 2. The number of rotatable bonds is 7. The minimum Gasteiger partial charge on any atom is -0.497 e. The fraction of sp³-hybridized carbons (Fsp3) is 0.130. The smallest absolute Gasteiger partial charge is 0.258 e. The van der Waals surface area contributed by atoms with Gasteiger partial charge in [0.2, 0.25) is 5.82 Å². The van der Waals surface area contributed by atoms with Gasteiger partial charge in [-0.3, -0.25) is 0 Å². The minimum absolute atomic E-state index is 0.0777. The average Bonchev–Trinajstić information content (AvgIpc) is 3.29. The van der Waals surface area contributed by atoms with E-state index in [1.54, 1.807) is 37.4 Å². The Balaban J connectivity index is 1.53. The summed E-state index contributed by atoms with van der Waals surface area (Å²) in [6, 6.07) is 15.7. The summed E-state index contributed by atoms with van der Waals surface area (Å²) >= 11 is 0. The molecule has 0 fully saturated rings. The van der Waals surface area contributed by atoms with Gasteiger partial charge in [-0.05, 0) is 54.6 Å². The van der Waals surface area contributed by atoms with E-state index in [0.29, 0.717) is 28.8 Å². The topological polar surface area (TPSA) is 66.6 Å². The number of halogens is 2. The summed E-state index contributed by atoms with van der Waals surface area (Å²) in [5, 5.41) is 4.03. The van der Waals surface area contributed by atoms with Gasteiger partial charge in [0.15, 0.2) is 11.5 Å². The lowest BCUT2D eigenvalue weighted by atomic mass is 10.2. The van der Waals surface area contributed by atoms with Crippen LogP contribution in [0.2, 0.25) is 0 Å². The second-order valence-corrected chi connectivity index (χ2v) is 6.54. The molecule has 6 nitrogen and oxygen atoms in total. The number of methoxy groups -OCH3 is 2. The lowest BCUT2D eigenvalue weighted by molar-refractivity contribution is 0.279. The molecule has 1 aromatic heterocycles. The van der Waals surface area contributed by atoms with Crippen LogP contribution in [0.4, 0.5) is 8.78 Å². The summed E-state index contributed by atoms with van der Waals surface area (Å²) in [6.45, 7) is -0.0777. The number of hydrogen-bond donors (Lipinski definition) is 0. The Morgan fingerprint density at radius 2 is 1.61 bits per heavy atom. The van der Waals surface area contributed by atoms with Crippen LogP contribution in [0.25, 0.3) is 22.8 Å². The summed E-state index contributed by atoms with van der Waals surface area (Å²) in [7, 11) is 3.08. The van der Waals surface area contributed by atoms with Gasteiger partial charge in [0.25, 0.3) is 5.89 Å². The average molecular weight is 424 g/mol. The first kappa shape index (κ1) is 20.3. The van der Waals surface area contributed by atoms with Crippen LogP contribution in [0.15, 0.2) is 65.2 Å². The zero-order valence-corrected chi connectivity index (χ0v) is 16.8. The molecule has 1 heterocycles. The lowest BCUT2D eigenvalue weighted by Gasteiger charge is -2.12. The minimum atomic E-state index is -0.673. The maximum atomic E-state index is 13.8. The largest absolute Gasteiger partial charge is 0.497 e. The predicted octanol–water partition coefficient (Wildman–Crippen LogP) is 5.28. The highest BCUT2D eigenvalue weighted by Gasteiger charge is 2.14. The maximum absolute atomic E-state index is 13.8. The van der Waals surface area contributed by atoms with Gasteiger partial charge < -0.3 is 18.7 Å². The second-order valence-electron chi connectivity index (χ2n) is 6.54. The Hall–Kier alpha value is -3.94. The molecule has 0 aliphatic heterocycles. The van der Waals surface area contributed by atoms with Crippen molar-refractivity contribution in [3.8, 4) is 40.1 Å². The van der Waals surface area contributed by atoms with E-state index in [2.05, 4.69) is 10.1 Å². The number of ether oxygens (including phenoxy) is 3. The highest BCUT2D eigenvalue weighted by Crippen LogP contribution is 2.33. The molecular formula is C23H18F2N2O4. The van der Waals surface area contributed by atoms with Crippen molar-refractivity contribution in [2.75, 3.05) is 14.2 Å². The molecular weight excluding hydrogens is 406 g/mol. The zero-order valence-electron chi connectivity index (χ0n) is 16.8. The third-order valence-corrected chi connectivity index (χ3v) is 4.58. The molecule has 0 bridgehead atoms. The molecule has 4 aromatic rings. The predicted molar refractivity (Wildman–Crippen MR) is 109 cm³/mol. The van der Waals surface area contributed by atoms with Gasteiger partial charge in [0.1, 0.15) is 24.0 Å². The molecule has 158 valence electrons. The molecule has 0 saturated carbocycles. The first-order valence-corrected chi connectivity index (χ1v) is 9.30. The molecule has 0 spiro atoms. The Morgan fingerprint density at radius 3 is 2.32 bits per heavy atom. The fourth-order valence-corrected chi connectivity index (χ4v) is 2.91. The van der Waals surface area contributed by atoms with Crippen LogP contribution < -0.4 is 14.2 Å². The highest BCUT2D eigenvalue weighted by molar-refractivity contribution is 5.63. The van der Waals surface area contributed by atoms with E-state index >= 15 is 0 Å². The van der Waals surface area contributed by atoms with E-state index in [1.807, 2.05) is 12.1 Å². The molecule has 0 unspecified atom stereocenters.